The average molecular weight is 455 g/mol. The molecule has 1 aliphatic heterocycles. The van der Waals surface area contributed by atoms with E-state index in [0.29, 0.717) is 23.2 Å². The molecule has 8 heteroatoms. The van der Waals surface area contributed by atoms with Gasteiger partial charge in [-0.3, -0.25) is 14.4 Å². The molecule has 0 radical (unpaired) electrons. The van der Waals surface area contributed by atoms with Gasteiger partial charge in [-0.15, -0.1) is 0 Å². The van der Waals surface area contributed by atoms with Crippen molar-refractivity contribution in [1.29, 1.82) is 0 Å². The number of carbonyl (C=O) groups is 3. The first kappa shape index (κ1) is 24.4. The lowest BCUT2D eigenvalue weighted by Gasteiger charge is -2.24. The minimum absolute atomic E-state index is 0.0621. The van der Waals surface area contributed by atoms with Crippen LogP contribution in [0.2, 0.25) is 0 Å². The normalized spacial score (nSPS) is 16.1. The van der Waals surface area contributed by atoms with E-state index >= 15 is 0 Å². The van der Waals surface area contributed by atoms with E-state index in [9.17, 15) is 18.8 Å². The smallest absolute Gasteiger partial charge is 0.253 e. The third-order valence-corrected chi connectivity index (χ3v) is 5.95. The predicted octanol–water partition coefficient (Wildman–Crippen LogP) is 3.17. The number of rotatable bonds is 8. The lowest BCUT2D eigenvalue weighted by Crippen LogP contribution is -2.47. The number of likely N-dealkylation sites (tertiary alicyclic amines) is 1. The van der Waals surface area contributed by atoms with E-state index in [1.54, 1.807) is 43.0 Å². The number of nitrogens with zero attached hydrogens (tertiary/aromatic N) is 1. The second kappa shape index (κ2) is 11.0. The van der Waals surface area contributed by atoms with Crippen LogP contribution in [0.4, 0.5) is 10.1 Å². The number of halogens is 1. The van der Waals surface area contributed by atoms with Crippen molar-refractivity contribution in [2.45, 2.75) is 45.2 Å². The molecule has 7 nitrogen and oxygen atoms in total. The maximum atomic E-state index is 13.0. The number of benzene rings is 2. The standard InChI is InChI=1S/C25H31FN4O3/c1-16(23(31)29-21-10-8-20(26)9-11-21)14-22(27)17(2)28-24(32)18-6-5-7-19(15-18)25(33)30-12-3-4-13-30/h5-11,15-17,22H,3-4,12-14,27H2,1-2H3,(H,28,32)(H,29,31). The average Bonchev–Trinajstić information content (AvgIpc) is 3.35. The number of anilines is 1. The molecule has 3 rings (SSSR count). The van der Waals surface area contributed by atoms with Crippen LogP contribution < -0.4 is 16.4 Å². The van der Waals surface area contributed by atoms with E-state index in [4.69, 9.17) is 5.73 Å². The molecule has 33 heavy (non-hydrogen) atoms. The molecule has 0 aromatic heterocycles. The molecule has 1 aliphatic rings. The molecule has 2 aromatic carbocycles. The largest absolute Gasteiger partial charge is 0.348 e. The highest BCUT2D eigenvalue weighted by Gasteiger charge is 2.24. The van der Waals surface area contributed by atoms with Gasteiger partial charge in [0.1, 0.15) is 5.82 Å². The maximum absolute atomic E-state index is 13.0. The van der Waals surface area contributed by atoms with Crippen molar-refractivity contribution in [2.24, 2.45) is 11.7 Å². The highest BCUT2D eigenvalue weighted by molar-refractivity contribution is 6.00. The van der Waals surface area contributed by atoms with E-state index in [0.717, 1.165) is 25.9 Å². The molecule has 3 amide bonds. The third-order valence-electron chi connectivity index (χ3n) is 5.95. The van der Waals surface area contributed by atoms with Crippen LogP contribution in [0.1, 0.15) is 53.8 Å². The van der Waals surface area contributed by atoms with Gasteiger partial charge in [0.05, 0.1) is 0 Å². The Bertz CT molecular complexity index is 989. The summed E-state index contributed by atoms with van der Waals surface area (Å²) in [5, 5.41) is 5.60. The molecule has 3 atom stereocenters. The fourth-order valence-electron chi connectivity index (χ4n) is 3.81. The van der Waals surface area contributed by atoms with Crippen LogP contribution in [0.25, 0.3) is 0 Å². The van der Waals surface area contributed by atoms with Gasteiger partial charge in [-0.1, -0.05) is 13.0 Å². The van der Waals surface area contributed by atoms with Gasteiger partial charge in [-0.05, 0) is 68.7 Å². The monoisotopic (exact) mass is 454 g/mol. The number of hydrogen-bond acceptors (Lipinski definition) is 4. The van der Waals surface area contributed by atoms with Crippen LogP contribution >= 0.6 is 0 Å². The number of carbonyl (C=O) groups excluding carboxylic acids is 3. The van der Waals surface area contributed by atoms with Crippen molar-refractivity contribution in [3.8, 4) is 0 Å². The summed E-state index contributed by atoms with van der Waals surface area (Å²) in [6, 6.07) is 11.4. The first-order valence-corrected chi connectivity index (χ1v) is 11.3. The van der Waals surface area contributed by atoms with Crippen molar-refractivity contribution in [3.05, 3.63) is 65.5 Å². The molecule has 3 unspecified atom stereocenters. The molecule has 0 aliphatic carbocycles. The molecule has 4 N–H and O–H groups in total. The van der Waals surface area contributed by atoms with Gasteiger partial charge in [0.15, 0.2) is 0 Å². The second-order valence-electron chi connectivity index (χ2n) is 8.64. The van der Waals surface area contributed by atoms with E-state index in [1.165, 1.54) is 24.3 Å². The quantitative estimate of drug-likeness (QED) is 0.570. The van der Waals surface area contributed by atoms with E-state index < -0.39 is 18.0 Å². The van der Waals surface area contributed by atoms with Crippen molar-refractivity contribution >= 4 is 23.4 Å². The van der Waals surface area contributed by atoms with E-state index in [1.807, 2.05) is 0 Å². The van der Waals surface area contributed by atoms with Crippen LogP contribution in [0.3, 0.4) is 0 Å². The van der Waals surface area contributed by atoms with Gasteiger partial charge in [0.25, 0.3) is 11.8 Å². The molecule has 2 aromatic rings. The van der Waals surface area contributed by atoms with Crippen LogP contribution in [-0.4, -0.2) is 47.8 Å². The Kier molecular flexibility index (Phi) is 8.16. The van der Waals surface area contributed by atoms with Crippen molar-refractivity contribution in [2.75, 3.05) is 18.4 Å². The minimum atomic E-state index is -0.461. The summed E-state index contributed by atoms with van der Waals surface area (Å²) < 4.78 is 13.0. The van der Waals surface area contributed by atoms with Gasteiger partial charge >= 0.3 is 0 Å². The number of nitrogens with one attached hydrogen (secondary N) is 2. The first-order valence-electron chi connectivity index (χ1n) is 11.3. The van der Waals surface area contributed by atoms with Crippen molar-refractivity contribution < 1.29 is 18.8 Å². The van der Waals surface area contributed by atoms with Gasteiger partial charge in [0.2, 0.25) is 5.91 Å². The van der Waals surface area contributed by atoms with Crippen LogP contribution in [0.5, 0.6) is 0 Å². The predicted molar refractivity (Wildman–Crippen MR) is 125 cm³/mol. The topological polar surface area (TPSA) is 105 Å². The molecule has 1 fully saturated rings. The lowest BCUT2D eigenvalue weighted by molar-refractivity contribution is -0.119. The number of nitrogens with two attached hydrogens (primary N) is 1. The summed E-state index contributed by atoms with van der Waals surface area (Å²) in [5.41, 5.74) is 7.64. The van der Waals surface area contributed by atoms with E-state index in [-0.39, 0.29) is 23.5 Å². The third kappa shape index (κ3) is 6.61. The summed E-state index contributed by atoms with van der Waals surface area (Å²) >= 11 is 0. The highest BCUT2D eigenvalue weighted by atomic mass is 19.1. The van der Waals surface area contributed by atoms with Crippen LogP contribution in [0.15, 0.2) is 48.5 Å². The fraction of sp³-hybridized carbons (Fsp3) is 0.400. The second-order valence-corrected chi connectivity index (χ2v) is 8.64. The Morgan fingerprint density at radius 1 is 1.03 bits per heavy atom. The zero-order valence-corrected chi connectivity index (χ0v) is 19.0. The van der Waals surface area contributed by atoms with Gasteiger partial charge in [-0.2, -0.15) is 0 Å². The summed E-state index contributed by atoms with van der Waals surface area (Å²) in [6.07, 6.45) is 2.35. The summed E-state index contributed by atoms with van der Waals surface area (Å²) in [5.74, 6) is -1.40. The molecule has 1 saturated heterocycles. The van der Waals surface area contributed by atoms with Gasteiger partial charge in [-0.25, -0.2) is 4.39 Å². The van der Waals surface area contributed by atoms with Crippen molar-refractivity contribution in [1.82, 2.24) is 10.2 Å². The van der Waals surface area contributed by atoms with Crippen molar-refractivity contribution in [3.63, 3.8) is 0 Å². The van der Waals surface area contributed by atoms with Gasteiger partial charge in [0, 0.05) is 47.9 Å². The lowest BCUT2D eigenvalue weighted by atomic mass is 9.96. The molecular formula is C25H31FN4O3. The van der Waals surface area contributed by atoms with Crippen LogP contribution in [0, 0.1) is 11.7 Å². The molecule has 0 spiro atoms. The Hall–Kier alpha value is -3.26. The Morgan fingerprint density at radius 3 is 2.33 bits per heavy atom. The summed E-state index contributed by atoms with van der Waals surface area (Å²) in [6.45, 7) is 5.02. The Balaban J connectivity index is 1.53. The molecule has 176 valence electrons. The summed E-state index contributed by atoms with van der Waals surface area (Å²) in [4.78, 5) is 39.6. The summed E-state index contributed by atoms with van der Waals surface area (Å²) in [7, 11) is 0. The molecule has 0 bridgehead atoms. The fourth-order valence-corrected chi connectivity index (χ4v) is 3.81. The maximum Gasteiger partial charge on any atom is 0.253 e. The first-order chi connectivity index (χ1) is 15.7. The highest BCUT2D eigenvalue weighted by Crippen LogP contribution is 2.16. The Morgan fingerprint density at radius 2 is 1.67 bits per heavy atom. The van der Waals surface area contributed by atoms with Crippen LogP contribution in [-0.2, 0) is 4.79 Å². The van der Waals surface area contributed by atoms with E-state index in [2.05, 4.69) is 10.6 Å². The van der Waals surface area contributed by atoms with Gasteiger partial charge < -0.3 is 21.3 Å². The number of amides is 3. The number of hydrogen-bond donors (Lipinski definition) is 3. The Labute approximate surface area is 193 Å². The zero-order valence-electron chi connectivity index (χ0n) is 19.0. The molecular weight excluding hydrogens is 423 g/mol. The minimum Gasteiger partial charge on any atom is -0.348 e. The molecule has 0 saturated carbocycles. The SMILES string of the molecule is CC(CC(N)C(C)NC(=O)c1cccc(C(=O)N2CCCC2)c1)C(=O)Nc1ccc(F)cc1. The molecule has 1 heterocycles. The zero-order chi connectivity index (χ0) is 24.0.